The third kappa shape index (κ3) is 6.23. The zero-order valence-corrected chi connectivity index (χ0v) is 36.0. The topological polar surface area (TPSA) is 3.24 Å². The van der Waals surface area contributed by atoms with Crippen molar-refractivity contribution >= 4 is 49.4 Å². The predicted molar refractivity (Wildman–Crippen MR) is 273 cm³/mol. The molecule has 0 atom stereocenters. The van der Waals surface area contributed by atoms with E-state index in [1.165, 1.54) is 99.1 Å². The predicted octanol–water partition coefficient (Wildman–Crippen LogP) is 17.6. The standard InChI is InChI=1S/C63H45N/c1-63(2)60-40-48(47-31-36-56-54-22-10-9-20-52(54)53-21-11-12-23-55(53)59(56)39-47)32-37-57(60)58-38-35-50(41-61(58)63)64(62-24-14-13-19-51(62)46-17-7-4-8-18-46)49-33-29-45(30-34-49)44-27-25-43(26-28-44)42-15-5-3-6-16-42/h3-41H,1-2H3. The minimum Gasteiger partial charge on any atom is -0.310 e. The van der Waals surface area contributed by atoms with Gasteiger partial charge < -0.3 is 4.90 Å². The Labute approximate surface area is 375 Å². The SMILES string of the molecule is CC1(C)c2cc(-c3ccc4c5ccccc5c5ccccc5c4c3)ccc2-c2ccc(N(c3ccc(-c4ccc(-c5ccccc5)cc4)cc3)c3ccccc3-c3ccccc3)cc21. The van der Waals surface area contributed by atoms with E-state index in [2.05, 4.69) is 255 Å². The molecule has 1 aliphatic rings. The average Bonchev–Trinajstić information content (AvgIpc) is 3.59. The minimum absolute atomic E-state index is 0.225. The number of benzene rings is 11. The third-order valence-corrected chi connectivity index (χ3v) is 13.7. The van der Waals surface area contributed by atoms with Crippen molar-refractivity contribution in [3.8, 4) is 55.6 Å². The van der Waals surface area contributed by atoms with Crippen molar-refractivity contribution in [1.29, 1.82) is 0 Å². The van der Waals surface area contributed by atoms with Crippen LogP contribution in [0.25, 0.3) is 88.0 Å². The van der Waals surface area contributed by atoms with Crippen LogP contribution in [0, 0.1) is 0 Å². The van der Waals surface area contributed by atoms with Crippen LogP contribution in [0.1, 0.15) is 25.0 Å². The van der Waals surface area contributed by atoms with E-state index in [1.807, 2.05) is 0 Å². The second kappa shape index (κ2) is 15.1. The first kappa shape index (κ1) is 37.7. The van der Waals surface area contributed by atoms with Gasteiger partial charge in [-0.05, 0) is 136 Å². The van der Waals surface area contributed by atoms with Gasteiger partial charge in [0.1, 0.15) is 0 Å². The van der Waals surface area contributed by atoms with Crippen molar-refractivity contribution in [3.05, 3.63) is 248 Å². The fraction of sp³-hybridized carbons (Fsp3) is 0.0476. The van der Waals surface area contributed by atoms with Crippen LogP contribution in [0.3, 0.4) is 0 Å². The van der Waals surface area contributed by atoms with Gasteiger partial charge in [0.15, 0.2) is 0 Å². The van der Waals surface area contributed by atoms with Gasteiger partial charge in [0, 0.05) is 22.4 Å². The molecule has 0 heterocycles. The van der Waals surface area contributed by atoms with Gasteiger partial charge in [0.2, 0.25) is 0 Å². The third-order valence-electron chi connectivity index (χ3n) is 13.7. The highest BCUT2D eigenvalue weighted by atomic mass is 15.1. The van der Waals surface area contributed by atoms with E-state index < -0.39 is 0 Å². The molecule has 302 valence electrons. The monoisotopic (exact) mass is 815 g/mol. The summed E-state index contributed by atoms with van der Waals surface area (Å²) in [6.07, 6.45) is 0. The second-order valence-corrected chi connectivity index (χ2v) is 17.7. The molecule has 1 heteroatoms. The Morgan fingerprint density at radius 3 is 1.30 bits per heavy atom. The van der Waals surface area contributed by atoms with Gasteiger partial charge in [-0.2, -0.15) is 0 Å². The summed E-state index contributed by atoms with van der Waals surface area (Å²) in [6, 6.07) is 87.1. The van der Waals surface area contributed by atoms with E-state index in [4.69, 9.17) is 0 Å². The molecule has 0 N–H and O–H groups in total. The van der Waals surface area contributed by atoms with Gasteiger partial charge in [0.25, 0.3) is 0 Å². The van der Waals surface area contributed by atoms with Crippen LogP contribution < -0.4 is 4.90 Å². The molecule has 12 rings (SSSR count). The fourth-order valence-electron chi connectivity index (χ4n) is 10.4. The summed E-state index contributed by atoms with van der Waals surface area (Å²) in [5.74, 6) is 0. The molecule has 64 heavy (non-hydrogen) atoms. The van der Waals surface area contributed by atoms with E-state index in [1.54, 1.807) is 0 Å². The van der Waals surface area contributed by atoms with Gasteiger partial charge >= 0.3 is 0 Å². The van der Waals surface area contributed by atoms with Crippen LogP contribution in [0.5, 0.6) is 0 Å². The molecule has 0 saturated carbocycles. The Morgan fingerprint density at radius 2 is 0.672 bits per heavy atom. The Hall–Kier alpha value is -8.00. The molecule has 0 unspecified atom stereocenters. The van der Waals surface area contributed by atoms with Gasteiger partial charge in [-0.1, -0.05) is 208 Å². The summed E-state index contributed by atoms with van der Waals surface area (Å²) in [5, 5.41) is 7.79. The highest BCUT2D eigenvalue weighted by Crippen LogP contribution is 2.52. The summed E-state index contributed by atoms with van der Waals surface area (Å²) in [4.78, 5) is 2.44. The molecule has 0 radical (unpaired) electrons. The van der Waals surface area contributed by atoms with Crippen molar-refractivity contribution in [1.82, 2.24) is 0 Å². The quantitative estimate of drug-likeness (QED) is 0.145. The highest BCUT2D eigenvalue weighted by molar-refractivity contribution is 6.25. The number of rotatable bonds is 7. The Balaban J connectivity index is 0.941. The van der Waals surface area contributed by atoms with Crippen molar-refractivity contribution in [2.24, 2.45) is 0 Å². The lowest BCUT2D eigenvalue weighted by molar-refractivity contribution is 0.660. The molecule has 0 aromatic heterocycles. The van der Waals surface area contributed by atoms with E-state index in [0.717, 1.165) is 17.1 Å². The van der Waals surface area contributed by atoms with Crippen molar-refractivity contribution < 1.29 is 0 Å². The number of hydrogen-bond acceptors (Lipinski definition) is 1. The fourth-order valence-corrected chi connectivity index (χ4v) is 10.4. The highest BCUT2D eigenvalue weighted by Gasteiger charge is 2.36. The summed E-state index contributed by atoms with van der Waals surface area (Å²) in [7, 11) is 0. The lowest BCUT2D eigenvalue weighted by Crippen LogP contribution is -2.17. The van der Waals surface area contributed by atoms with Gasteiger partial charge in [0.05, 0.1) is 5.69 Å². The van der Waals surface area contributed by atoms with Crippen LogP contribution >= 0.6 is 0 Å². The zero-order chi connectivity index (χ0) is 42.8. The van der Waals surface area contributed by atoms with Crippen molar-refractivity contribution in [3.63, 3.8) is 0 Å². The van der Waals surface area contributed by atoms with Gasteiger partial charge in [-0.15, -0.1) is 0 Å². The Morgan fingerprint density at radius 1 is 0.266 bits per heavy atom. The molecule has 0 fully saturated rings. The molecule has 0 spiro atoms. The first-order valence-corrected chi connectivity index (χ1v) is 22.3. The summed E-state index contributed by atoms with van der Waals surface area (Å²) < 4.78 is 0. The number of nitrogens with zero attached hydrogens (tertiary/aromatic N) is 1. The first-order valence-electron chi connectivity index (χ1n) is 22.3. The largest absolute Gasteiger partial charge is 0.310 e. The van der Waals surface area contributed by atoms with Gasteiger partial charge in [-0.25, -0.2) is 0 Å². The van der Waals surface area contributed by atoms with E-state index >= 15 is 0 Å². The van der Waals surface area contributed by atoms with E-state index in [0.29, 0.717) is 0 Å². The number of para-hydroxylation sites is 1. The van der Waals surface area contributed by atoms with E-state index in [9.17, 15) is 0 Å². The normalized spacial score (nSPS) is 12.7. The maximum atomic E-state index is 2.45. The number of hydrogen-bond donors (Lipinski definition) is 0. The second-order valence-electron chi connectivity index (χ2n) is 17.7. The lowest BCUT2D eigenvalue weighted by atomic mass is 9.81. The number of anilines is 3. The zero-order valence-electron chi connectivity index (χ0n) is 36.0. The van der Waals surface area contributed by atoms with Crippen LogP contribution in [-0.2, 0) is 5.41 Å². The average molecular weight is 816 g/mol. The van der Waals surface area contributed by atoms with Crippen LogP contribution in [0.4, 0.5) is 17.1 Å². The Kier molecular flexibility index (Phi) is 8.91. The summed E-state index contributed by atoms with van der Waals surface area (Å²) >= 11 is 0. The molecule has 0 saturated heterocycles. The molecule has 11 aromatic carbocycles. The molecule has 1 aliphatic carbocycles. The molecule has 0 amide bonds. The van der Waals surface area contributed by atoms with Crippen molar-refractivity contribution in [2.75, 3.05) is 4.90 Å². The molecule has 11 aromatic rings. The van der Waals surface area contributed by atoms with Crippen LogP contribution in [-0.4, -0.2) is 0 Å². The molecular weight excluding hydrogens is 771 g/mol. The Bertz CT molecular complexity index is 3510. The van der Waals surface area contributed by atoms with Crippen molar-refractivity contribution in [2.45, 2.75) is 19.3 Å². The van der Waals surface area contributed by atoms with E-state index in [-0.39, 0.29) is 5.41 Å². The summed E-state index contributed by atoms with van der Waals surface area (Å²) in [5.41, 5.74) is 18.2. The van der Waals surface area contributed by atoms with Crippen LogP contribution in [0.2, 0.25) is 0 Å². The minimum atomic E-state index is -0.225. The molecule has 0 bridgehead atoms. The molecular formula is C63H45N. The maximum absolute atomic E-state index is 2.45. The number of fused-ring (bicyclic) bond motifs is 9. The first-order chi connectivity index (χ1) is 31.5. The molecule has 1 nitrogen and oxygen atoms in total. The van der Waals surface area contributed by atoms with Gasteiger partial charge in [-0.3, -0.25) is 0 Å². The smallest absolute Gasteiger partial charge is 0.0540 e. The summed E-state index contributed by atoms with van der Waals surface area (Å²) in [6.45, 7) is 4.79. The molecule has 0 aliphatic heterocycles. The van der Waals surface area contributed by atoms with Crippen LogP contribution in [0.15, 0.2) is 237 Å². The lowest BCUT2D eigenvalue weighted by Gasteiger charge is -2.30. The maximum Gasteiger partial charge on any atom is 0.0540 e.